The van der Waals surface area contributed by atoms with Crippen molar-refractivity contribution >= 4 is 0 Å². The van der Waals surface area contributed by atoms with Crippen molar-refractivity contribution in [1.82, 2.24) is 0 Å². The molecule has 1 saturated carbocycles. The van der Waals surface area contributed by atoms with Gasteiger partial charge < -0.3 is 4.74 Å². The van der Waals surface area contributed by atoms with Gasteiger partial charge in [0.1, 0.15) is 0 Å². The van der Waals surface area contributed by atoms with E-state index in [1.165, 1.54) is 30.4 Å². The quantitative estimate of drug-likeness (QED) is 0.748. The van der Waals surface area contributed by atoms with Crippen molar-refractivity contribution in [3.8, 4) is 0 Å². The number of benzene rings is 1. The maximum absolute atomic E-state index is 5.19. The van der Waals surface area contributed by atoms with E-state index in [-0.39, 0.29) is 0 Å². The molecule has 0 aliphatic heterocycles. The molecule has 0 N–H and O–H groups in total. The molecule has 2 rings (SSSR count). The average Bonchev–Trinajstić information content (AvgIpc) is 2.26. The predicted octanol–water partition coefficient (Wildman–Crippen LogP) is 4.94. The molecular formula is C18H28O. The van der Waals surface area contributed by atoms with Crippen LogP contribution in [0.4, 0.5) is 0 Å². The first-order valence-electron chi connectivity index (χ1n) is 7.43. The minimum absolute atomic E-state index is 0.326. The first-order valence-corrected chi connectivity index (χ1v) is 7.43. The molecule has 1 aliphatic rings. The highest BCUT2D eigenvalue weighted by Crippen LogP contribution is 2.49. The van der Waals surface area contributed by atoms with Crippen LogP contribution >= 0.6 is 0 Å². The van der Waals surface area contributed by atoms with Crippen LogP contribution in [0.5, 0.6) is 0 Å². The van der Waals surface area contributed by atoms with Crippen molar-refractivity contribution in [2.75, 3.05) is 7.11 Å². The van der Waals surface area contributed by atoms with E-state index in [9.17, 15) is 0 Å². The van der Waals surface area contributed by atoms with Gasteiger partial charge in [0.05, 0.1) is 6.61 Å². The molecule has 1 heteroatoms. The normalized spacial score (nSPS) is 30.3. The lowest BCUT2D eigenvalue weighted by Crippen LogP contribution is -2.37. The molecule has 1 aromatic rings. The van der Waals surface area contributed by atoms with Gasteiger partial charge in [-0.05, 0) is 47.1 Å². The Morgan fingerprint density at radius 3 is 2.26 bits per heavy atom. The zero-order chi connectivity index (χ0) is 14.1. The summed E-state index contributed by atoms with van der Waals surface area (Å²) in [7, 11) is 1.75. The van der Waals surface area contributed by atoms with Crippen LogP contribution in [0, 0.1) is 11.3 Å². The van der Waals surface area contributed by atoms with E-state index in [1.807, 2.05) is 0 Å². The highest BCUT2D eigenvalue weighted by atomic mass is 16.5. The van der Waals surface area contributed by atoms with Crippen molar-refractivity contribution in [2.45, 2.75) is 59.0 Å². The zero-order valence-corrected chi connectivity index (χ0v) is 13.1. The average molecular weight is 260 g/mol. The third-order valence-electron chi connectivity index (χ3n) is 4.53. The third-order valence-corrected chi connectivity index (χ3v) is 4.53. The Bertz CT molecular complexity index is 418. The maximum atomic E-state index is 5.19. The molecule has 0 aromatic heterocycles. The van der Waals surface area contributed by atoms with E-state index in [0.717, 1.165) is 5.92 Å². The van der Waals surface area contributed by atoms with Gasteiger partial charge in [0.2, 0.25) is 0 Å². The Morgan fingerprint density at radius 2 is 1.74 bits per heavy atom. The van der Waals surface area contributed by atoms with Gasteiger partial charge in [0.15, 0.2) is 0 Å². The maximum Gasteiger partial charge on any atom is 0.0713 e. The summed E-state index contributed by atoms with van der Waals surface area (Å²) in [5.74, 6) is 0.812. The number of hydrogen-bond donors (Lipinski definition) is 0. The Kier molecular flexibility index (Phi) is 4.06. The lowest BCUT2D eigenvalue weighted by molar-refractivity contribution is 0.115. The van der Waals surface area contributed by atoms with Crippen LogP contribution in [0.2, 0.25) is 0 Å². The van der Waals surface area contributed by atoms with Crippen molar-refractivity contribution in [2.24, 2.45) is 11.3 Å². The Labute approximate surface area is 118 Å². The van der Waals surface area contributed by atoms with Crippen molar-refractivity contribution < 1.29 is 4.74 Å². The summed E-state index contributed by atoms with van der Waals surface area (Å²) in [6.45, 7) is 10.4. The third kappa shape index (κ3) is 3.39. The lowest BCUT2D eigenvalue weighted by atomic mass is 9.59. The first-order chi connectivity index (χ1) is 8.85. The molecule has 1 nitrogen and oxygen atoms in total. The highest BCUT2D eigenvalue weighted by molar-refractivity contribution is 5.29. The first kappa shape index (κ1) is 14.6. The van der Waals surface area contributed by atoms with E-state index in [0.29, 0.717) is 17.4 Å². The van der Waals surface area contributed by atoms with E-state index >= 15 is 0 Å². The molecule has 106 valence electrons. The molecule has 0 saturated heterocycles. The predicted molar refractivity (Wildman–Crippen MR) is 81.3 cm³/mol. The summed E-state index contributed by atoms with van der Waals surface area (Å²) in [5, 5.41) is 0. The van der Waals surface area contributed by atoms with Gasteiger partial charge in [-0.2, -0.15) is 0 Å². The van der Waals surface area contributed by atoms with Crippen LogP contribution in [0.1, 0.15) is 58.1 Å². The molecule has 1 aliphatic carbocycles. The molecule has 2 unspecified atom stereocenters. The summed E-state index contributed by atoms with van der Waals surface area (Å²) < 4.78 is 5.19. The zero-order valence-electron chi connectivity index (χ0n) is 13.1. The smallest absolute Gasteiger partial charge is 0.0713 e. The molecule has 2 atom stereocenters. The van der Waals surface area contributed by atoms with Gasteiger partial charge in [-0.1, -0.05) is 52.0 Å². The highest BCUT2D eigenvalue weighted by Gasteiger charge is 2.40. The van der Waals surface area contributed by atoms with Gasteiger partial charge >= 0.3 is 0 Å². The molecule has 19 heavy (non-hydrogen) atoms. The Hall–Kier alpha value is -0.820. The fraction of sp³-hybridized carbons (Fsp3) is 0.667. The largest absolute Gasteiger partial charge is 0.380 e. The summed E-state index contributed by atoms with van der Waals surface area (Å²) in [6.07, 6.45) is 3.94. The van der Waals surface area contributed by atoms with Crippen LogP contribution in [0.3, 0.4) is 0 Å². The lowest BCUT2D eigenvalue weighted by Gasteiger charge is -2.46. The van der Waals surface area contributed by atoms with Crippen molar-refractivity contribution in [1.29, 1.82) is 0 Å². The van der Waals surface area contributed by atoms with Crippen LogP contribution < -0.4 is 0 Å². The molecule has 0 heterocycles. The summed E-state index contributed by atoms with van der Waals surface area (Å²) >= 11 is 0. The minimum atomic E-state index is 0.326. The van der Waals surface area contributed by atoms with Crippen LogP contribution in [-0.4, -0.2) is 7.11 Å². The van der Waals surface area contributed by atoms with Crippen molar-refractivity contribution in [3.05, 3.63) is 35.4 Å². The molecule has 1 fully saturated rings. The second kappa shape index (κ2) is 5.28. The van der Waals surface area contributed by atoms with Gasteiger partial charge in [-0.25, -0.2) is 0 Å². The second-order valence-corrected chi connectivity index (χ2v) is 7.55. The summed E-state index contributed by atoms with van der Waals surface area (Å²) in [6, 6.07) is 9.05. The van der Waals surface area contributed by atoms with Crippen molar-refractivity contribution in [3.63, 3.8) is 0 Å². The van der Waals surface area contributed by atoms with Crippen LogP contribution in [-0.2, 0) is 16.8 Å². The molecule has 0 amide bonds. The molecule has 1 aromatic carbocycles. The summed E-state index contributed by atoms with van der Waals surface area (Å²) in [4.78, 5) is 0. The molecule has 0 bridgehead atoms. The fourth-order valence-corrected chi connectivity index (χ4v) is 4.38. The fourth-order valence-electron chi connectivity index (χ4n) is 4.38. The van der Waals surface area contributed by atoms with Gasteiger partial charge in [0, 0.05) is 7.11 Å². The van der Waals surface area contributed by atoms with E-state index in [1.54, 1.807) is 7.11 Å². The number of rotatable bonds is 3. The second-order valence-electron chi connectivity index (χ2n) is 7.55. The van der Waals surface area contributed by atoms with E-state index < -0.39 is 0 Å². The Balaban J connectivity index is 2.23. The van der Waals surface area contributed by atoms with Gasteiger partial charge in [-0.15, -0.1) is 0 Å². The SMILES string of the molecule is COCc1ccc(C2(C)CC(C)CC(C)(C)C2)cc1. The van der Waals surface area contributed by atoms with Crippen LogP contribution in [0.15, 0.2) is 24.3 Å². The molecule has 0 radical (unpaired) electrons. The van der Waals surface area contributed by atoms with E-state index in [2.05, 4.69) is 52.0 Å². The monoisotopic (exact) mass is 260 g/mol. The summed E-state index contributed by atoms with van der Waals surface area (Å²) in [5.41, 5.74) is 3.54. The van der Waals surface area contributed by atoms with Crippen LogP contribution in [0.25, 0.3) is 0 Å². The minimum Gasteiger partial charge on any atom is -0.380 e. The number of methoxy groups -OCH3 is 1. The topological polar surface area (TPSA) is 9.23 Å². The Morgan fingerprint density at radius 1 is 1.11 bits per heavy atom. The number of hydrogen-bond acceptors (Lipinski definition) is 1. The van der Waals surface area contributed by atoms with Gasteiger partial charge in [-0.3, -0.25) is 0 Å². The standard InChI is InChI=1S/C18H28O/c1-14-10-17(2,3)13-18(4,11-14)16-8-6-15(7-9-16)12-19-5/h6-9,14H,10-13H2,1-5H3. The van der Waals surface area contributed by atoms with E-state index in [4.69, 9.17) is 4.74 Å². The van der Waals surface area contributed by atoms with Gasteiger partial charge in [0.25, 0.3) is 0 Å². The molecular weight excluding hydrogens is 232 g/mol. The molecule has 0 spiro atoms. The number of ether oxygens (including phenoxy) is 1.